The smallest absolute Gasteiger partial charge is 0.406 e. The molecule has 2 aromatic carbocycles. The highest BCUT2D eigenvalue weighted by molar-refractivity contribution is 5.46. The van der Waals surface area contributed by atoms with E-state index in [9.17, 15) is 13.2 Å². The SMILES string of the molecule is FC(F)(F)Oc1ccc(C[NH+]2CCN(c3ccccc3)CC2)cc1. The molecule has 1 saturated heterocycles. The Balaban J connectivity index is 1.51. The summed E-state index contributed by atoms with van der Waals surface area (Å²) < 4.78 is 40.4. The normalized spacial score (nSPS) is 16.2. The molecule has 1 heterocycles. The summed E-state index contributed by atoms with van der Waals surface area (Å²) in [6.45, 7) is 4.80. The number of halogens is 3. The summed E-state index contributed by atoms with van der Waals surface area (Å²) in [7, 11) is 0. The molecule has 128 valence electrons. The van der Waals surface area contributed by atoms with E-state index in [2.05, 4.69) is 21.8 Å². The molecule has 1 N–H and O–H groups in total. The van der Waals surface area contributed by atoms with Crippen LogP contribution in [0.2, 0.25) is 0 Å². The lowest BCUT2D eigenvalue weighted by Gasteiger charge is -2.33. The van der Waals surface area contributed by atoms with Gasteiger partial charge in [-0.2, -0.15) is 0 Å². The summed E-state index contributed by atoms with van der Waals surface area (Å²) in [5, 5.41) is 0. The fourth-order valence-electron chi connectivity index (χ4n) is 2.99. The van der Waals surface area contributed by atoms with E-state index in [-0.39, 0.29) is 5.75 Å². The number of para-hydroxylation sites is 1. The lowest BCUT2D eigenvalue weighted by atomic mass is 10.2. The third-order valence-corrected chi connectivity index (χ3v) is 4.20. The highest BCUT2D eigenvalue weighted by Gasteiger charge is 2.31. The summed E-state index contributed by atoms with van der Waals surface area (Å²) in [5.41, 5.74) is 2.26. The van der Waals surface area contributed by atoms with Crippen molar-refractivity contribution in [3.05, 3.63) is 60.2 Å². The van der Waals surface area contributed by atoms with Crippen LogP contribution in [0.25, 0.3) is 0 Å². The summed E-state index contributed by atoms with van der Waals surface area (Å²) >= 11 is 0. The summed E-state index contributed by atoms with van der Waals surface area (Å²) in [5.74, 6) is -0.171. The van der Waals surface area contributed by atoms with Gasteiger partial charge in [0.1, 0.15) is 12.3 Å². The molecule has 0 saturated carbocycles. The standard InChI is InChI=1S/C18H19F3N2O/c19-18(20,21)24-17-8-6-15(7-9-17)14-22-10-12-23(13-11-22)16-4-2-1-3-5-16/h1-9H,10-14H2/p+1. The maximum absolute atomic E-state index is 12.2. The first-order chi connectivity index (χ1) is 11.5. The molecule has 0 unspecified atom stereocenters. The number of benzene rings is 2. The van der Waals surface area contributed by atoms with Crippen molar-refractivity contribution in [1.29, 1.82) is 0 Å². The van der Waals surface area contributed by atoms with Crippen LogP contribution in [-0.4, -0.2) is 32.5 Å². The van der Waals surface area contributed by atoms with Crippen molar-refractivity contribution in [3.8, 4) is 5.75 Å². The van der Waals surface area contributed by atoms with Gasteiger partial charge in [0.25, 0.3) is 0 Å². The van der Waals surface area contributed by atoms with Crippen LogP contribution in [0.4, 0.5) is 18.9 Å². The number of hydrogen-bond acceptors (Lipinski definition) is 2. The number of piperazine rings is 1. The van der Waals surface area contributed by atoms with Crippen molar-refractivity contribution < 1.29 is 22.8 Å². The number of alkyl halides is 3. The van der Waals surface area contributed by atoms with Gasteiger partial charge in [0.15, 0.2) is 0 Å². The van der Waals surface area contributed by atoms with Crippen LogP contribution in [0.15, 0.2) is 54.6 Å². The monoisotopic (exact) mass is 337 g/mol. The summed E-state index contributed by atoms with van der Waals surface area (Å²) in [4.78, 5) is 3.80. The number of nitrogens with zero attached hydrogens (tertiary/aromatic N) is 1. The van der Waals surface area contributed by atoms with Gasteiger partial charge >= 0.3 is 6.36 Å². The quantitative estimate of drug-likeness (QED) is 0.923. The van der Waals surface area contributed by atoms with Gasteiger partial charge in [-0.05, 0) is 36.4 Å². The average molecular weight is 337 g/mol. The van der Waals surface area contributed by atoms with Crippen molar-refractivity contribution in [1.82, 2.24) is 0 Å². The first-order valence-electron chi connectivity index (χ1n) is 7.98. The van der Waals surface area contributed by atoms with Crippen molar-refractivity contribution in [3.63, 3.8) is 0 Å². The van der Waals surface area contributed by atoms with Crippen molar-refractivity contribution in [2.24, 2.45) is 0 Å². The molecule has 0 spiro atoms. The van der Waals surface area contributed by atoms with Crippen LogP contribution in [0.3, 0.4) is 0 Å². The molecule has 1 aliphatic heterocycles. The Morgan fingerprint density at radius 3 is 2.12 bits per heavy atom. The van der Waals surface area contributed by atoms with E-state index in [1.807, 2.05) is 18.2 Å². The van der Waals surface area contributed by atoms with Gasteiger partial charge in [0.2, 0.25) is 0 Å². The zero-order chi connectivity index (χ0) is 17.0. The van der Waals surface area contributed by atoms with Crippen LogP contribution >= 0.6 is 0 Å². The number of ether oxygens (including phenoxy) is 1. The van der Waals surface area contributed by atoms with Crippen molar-refractivity contribution >= 4 is 5.69 Å². The van der Waals surface area contributed by atoms with E-state index < -0.39 is 6.36 Å². The zero-order valence-corrected chi connectivity index (χ0v) is 13.2. The molecular weight excluding hydrogens is 317 g/mol. The number of hydrogen-bond donors (Lipinski definition) is 1. The fourth-order valence-corrected chi connectivity index (χ4v) is 2.99. The molecule has 0 atom stereocenters. The van der Waals surface area contributed by atoms with E-state index in [4.69, 9.17) is 0 Å². The summed E-state index contributed by atoms with van der Waals surface area (Å²) in [6.07, 6.45) is -4.64. The maximum atomic E-state index is 12.2. The van der Waals surface area contributed by atoms with E-state index in [1.54, 1.807) is 12.1 Å². The van der Waals surface area contributed by atoms with Gasteiger partial charge in [-0.1, -0.05) is 18.2 Å². The van der Waals surface area contributed by atoms with Crippen LogP contribution in [0, 0.1) is 0 Å². The van der Waals surface area contributed by atoms with E-state index in [0.717, 1.165) is 38.3 Å². The third-order valence-electron chi connectivity index (χ3n) is 4.20. The van der Waals surface area contributed by atoms with Gasteiger partial charge < -0.3 is 14.5 Å². The second kappa shape index (κ2) is 7.13. The molecule has 0 aromatic heterocycles. The third kappa shape index (κ3) is 4.64. The Labute approximate surface area is 139 Å². The molecular formula is C18H20F3N2O+. The molecule has 3 nitrogen and oxygen atoms in total. The van der Waals surface area contributed by atoms with E-state index >= 15 is 0 Å². The van der Waals surface area contributed by atoms with E-state index in [1.165, 1.54) is 22.7 Å². The minimum Gasteiger partial charge on any atom is -0.406 e. The van der Waals surface area contributed by atoms with Crippen LogP contribution in [0.1, 0.15) is 5.56 Å². The van der Waals surface area contributed by atoms with Gasteiger partial charge in [-0.15, -0.1) is 13.2 Å². The van der Waals surface area contributed by atoms with Gasteiger partial charge in [-0.25, -0.2) is 0 Å². The Hall–Kier alpha value is -2.21. The van der Waals surface area contributed by atoms with Crippen LogP contribution in [-0.2, 0) is 6.54 Å². The Kier molecular flexibility index (Phi) is 4.94. The highest BCUT2D eigenvalue weighted by Crippen LogP contribution is 2.22. The fraction of sp³-hybridized carbons (Fsp3) is 0.333. The molecule has 0 amide bonds. The maximum Gasteiger partial charge on any atom is 0.573 e. The van der Waals surface area contributed by atoms with Crippen LogP contribution < -0.4 is 14.5 Å². The molecule has 2 aromatic rings. The topological polar surface area (TPSA) is 16.9 Å². The average Bonchev–Trinajstić information content (AvgIpc) is 2.57. The first kappa shape index (κ1) is 16.6. The summed E-state index contributed by atoms with van der Waals surface area (Å²) in [6, 6.07) is 16.5. The van der Waals surface area contributed by atoms with Crippen molar-refractivity contribution in [2.75, 3.05) is 31.1 Å². The van der Waals surface area contributed by atoms with Gasteiger partial charge in [0.05, 0.1) is 26.2 Å². The van der Waals surface area contributed by atoms with Crippen molar-refractivity contribution in [2.45, 2.75) is 12.9 Å². The number of anilines is 1. The molecule has 6 heteroatoms. The highest BCUT2D eigenvalue weighted by atomic mass is 19.4. The largest absolute Gasteiger partial charge is 0.573 e. The minimum absolute atomic E-state index is 0.171. The first-order valence-corrected chi connectivity index (χ1v) is 7.98. The molecule has 1 fully saturated rings. The molecule has 24 heavy (non-hydrogen) atoms. The van der Waals surface area contributed by atoms with Gasteiger partial charge in [-0.3, -0.25) is 0 Å². The second-order valence-corrected chi connectivity index (χ2v) is 5.94. The predicted molar refractivity (Wildman–Crippen MR) is 86.2 cm³/mol. The lowest BCUT2D eigenvalue weighted by Crippen LogP contribution is -3.13. The number of rotatable bonds is 4. The lowest BCUT2D eigenvalue weighted by molar-refractivity contribution is -0.914. The molecule has 3 rings (SSSR count). The zero-order valence-electron chi connectivity index (χ0n) is 13.2. The molecule has 0 aliphatic carbocycles. The Bertz CT molecular complexity index is 636. The molecule has 0 radical (unpaired) electrons. The molecule has 1 aliphatic rings. The van der Waals surface area contributed by atoms with E-state index in [0.29, 0.717) is 0 Å². The predicted octanol–water partition coefficient (Wildman–Crippen LogP) is 2.49. The second-order valence-electron chi connectivity index (χ2n) is 5.94. The minimum atomic E-state index is -4.64. The number of quaternary nitrogens is 1. The molecule has 0 bridgehead atoms. The van der Waals surface area contributed by atoms with Gasteiger partial charge in [0, 0.05) is 11.3 Å². The van der Waals surface area contributed by atoms with Crippen LogP contribution in [0.5, 0.6) is 5.75 Å². The Morgan fingerprint density at radius 1 is 0.917 bits per heavy atom. The Morgan fingerprint density at radius 2 is 1.54 bits per heavy atom. The number of nitrogens with one attached hydrogen (secondary N) is 1.